The number of benzene rings is 1. The van der Waals surface area contributed by atoms with Crippen LogP contribution in [0.2, 0.25) is 0 Å². The summed E-state index contributed by atoms with van der Waals surface area (Å²) in [5, 5.41) is 14.6. The minimum Gasteiger partial charge on any atom is -0.389 e. The summed E-state index contributed by atoms with van der Waals surface area (Å²) >= 11 is 0. The average Bonchev–Trinajstić information content (AvgIpc) is 2.92. The Hall–Kier alpha value is -1.62. The normalized spacial score (nSPS) is 16.7. The Kier molecular flexibility index (Phi) is 5.99. The van der Waals surface area contributed by atoms with Crippen molar-refractivity contribution < 1.29 is 9.50 Å². The highest BCUT2D eigenvalue weighted by atomic mass is 35.5. The number of rotatable bonds is 5. The number of aliphatic hydroxyl groups excluding tert-OH is 1. The van der Waals surface area contributed by atoms with Gasteiger partial charge in [0.05, 0.1) is 17.7 Å². The van der Waals surface area contributed by atoms with Gasteiger partial charge in [0.2, 0.25) is 0 Å². The lowest BCUT2D eigenvalue weighted by molar-refractivity contribution is 0.129. The quantitative estimate of drug-likeness (QED) is 0.875. The van der Waals surface area contributed by atoms with Crippen molar-refractivity contribution in [3.63, 3.8) is 0 Å². The molecule has 0 radical (unpaired) electrons. The van der Waals surface area contributed by atoms with E-state index in [1.54, 1.807) is 6.07 Å². The molecular formula is C18H22ClFN2O. The van der Waals surface area contributed by atoms with Crippen LogP contribution in [0.25, 0.3) is 10.9 Å². The number of hydrogen-bond acceptors (Lipinski definition) is 2. The van der Waals surface area contributed by atoms with Gasteiger partial charge in [-0.05, 0) is 55.1 Å². The third-order valence-corrected chi connectivity index (χ3v) is 4.19. The Morgan fingerprint density at radius 1 is 1.35 bits per heavy atom. The van der Waals surface area contributed by atoms with Crippen molar-refractivity contribution in [2.45, 2.75) is 25.0 Å². The smallest absolute Gasteiger partial charge is 0.125 e. The summed E-state index contributed by atoms with van der Waals surface area (Å²) in [5.41, 5.74) is 1.99. The number of aliphatic hydroxyl groups is 1. The molecule has 0 saturated carbocycles. The number of halogens is 2. The number of hydrogen-bond donors (Lipinski definition) is 2. The fourth-order valence-electron chi connectivity index (χ4n) is 3.16. The molecule has 0 fully saturated rings. The summed E-state index contributed by atoms with van der Waals surface area (Å²) in [6, 6.07) is 6.56. The molecule has 1 aliphatic carbocycles. The molecule has 0 spiro atoms. The van der Waals surface area contributed by atoms with E-state index in [0.717, 1.165) is 23.7 Å². The SMILES string of the molecule is CNCC(O)[C@H](C1=CC=CCC1)n1ccc2ccc(F)cc21.Cl. The largest absolute Gasteiger partial charge is 0.389 e. The van der Waals surface area contributed by atoms with Gasteiger partial charge in [0, 0.05) is 12.7 Å². The number of nitrogens with zero attached hydrogens (tertiary/aromatic N) is 1. The maximum absolute atomic E-state index is 13.6. The second-order valence-corrected chi connectivity index (χ2v) is 5.70. The van der Waals surface area contributed by atoms with Gasteiger partial charge in [0.1, 0.15) is 5.82 Å². The van der Waals surface area contributed by atoms with Crippen molar-refractivity contribution in [1.29, 1.82) is 0 Å². The summed E-state index contributed by atoms with van der Waals surface area (Å²) < 4.78 is 15.6. The predicted molar refractivity (Wildman–Crippen MR) is 94.6 cm³/mol. The molecule has 0 aliphatic heterocycles. The van der Waals surface area contributed by atoms with Crippen LogP contribution >= 0.6 is 12.4 Å². The molecule has 124 valence electrons. The van der Waals surface area contributed by atoms with E-state index in [-0.39, 0.29) is 24.3 Å². The zero-order valence-corrected chi connectivity index (χ0v) is 13.9. The van der Waals surface area contributed by atoms with Crippen molar-refractivity contribution in [3.8, 4) is 0 Å². The zero-order valence-electron chi connectivity index (χ0n) is 13.1. The number of allylic oxidation sites excluding steroid dienone is 3. The molecule has 2 atom stereocenters. The molecule has 0 saturated heterocycles. The Labute approximate surface area is 141 Å². The first-order chi connectivity index (χ1) is 10.7. The monoisotopic (exact) mass is 336 g/mol. The van der Waals surface area contributed by atoms with Gasteiger partial charge in [-0.2, -0.15) is 0 Å². The first-order valence-corrected chi connectivity index (χ1v) is 7.65. The second kappa shape index (κ2) is 7.77. The standard InChI is InChI=1S/C18H21FN2O.ClH/c1-20-12-17(22)18(14-5-3-2-4-6-14)21-10-9-13-7-8-15(19)11-16(13)21;/h2-3,5,7-11,17-18,20,22H,4,6,12H2,1H3;1H/t17?,18-;/m0./s1. The summed E-state index contributed by atoms with van der Waals surface area (Å²) in [4.78, 5) is 0. The first-order valence-electron chi connectivity index (χ1n) is 7.65. The van der Waals surface area contributed by atoms with E-state index < -0.39 is 6.10 Å². The molecule has 23 heavy (non-hydrogen) atoms. The summed E-state index contributed by atoms with van der Waals surface area (Å²) in [6.45, 7) is 0.487. The maximum atomic E-state index is 13.6. The van der Waals surface area contributed by atoms with Crippen LogP contribution in [-0.4, -0.2) is 29.4 Å². The second-order valence-electron chi connectivity index (χ2n) is 5.70. The molecule has 1 aromatic carbocycles. The molecule has 1 aliphatic rings. The molecule has 1 aromatic heterocycles. The van der Waals surface area contributed by atoms with Crippen molar-refractivity contribution in [3.05, 3.63) is 60.1 Å². The summed E-state index contributed by atoms with van der Waals surface area (Å²) in [5.74, 6) is -0.258. The van der Waals surface area contributed by atoms with Gasteiger partial charge in [-0.15, -0.1) is 12.4 Å². The topological polar surface area (TPSA) is 37.2 Å². The zero-order chi connectivity index (χ0) is 15.5. The Bertz CT molecular complexity index is 723. The van der Waals surface area contributed by atoms with Gasteiger partial charge in [-0.1, -0.05) is 18.2 Å². The highest BCUT2D eigenvalue weighted by Crippen LogP contribution is 2.32. The molecule has 0 amide bonds. The minimum absolute atomic E-state index is 0. The van der Waals surface area contributed by atoms with E-state index in [1.807, 2.05) is 30.0 Å². The van der Waals surface area contributed by atoms with Gasteiger partial charge < -0.3 is 15.0 Å². The molecule has 5 heteroatoms. The molecule has 3 nitrogen and oxygen atoms in total. The van der Waals surface area contributed by atoms with Gasteiger partial charge in [-0.3, -0.25) is 0 Å². The van der Waals surface area contributed by atoms with Crippen LogP contribution in [0.5, 0.6) is 0 Å². The lowest BCUT2D eigenvalue weighted by Crippen LogP contribution is -2.34. The molecule has 2 aromatic rings. The molecule has 1 heterocycles. The van der Waals surface area contributed by atoms with E-state index in [1.165, 1.54) is 17.7 Å². The van der Waals surface area contributed by atoms with Crippen LogP contribution in [0.3, 0.4) is 0 Å². The summed E-state index contributed by atoms with van der Waals surface area (Å²) in [6.07, 6.45) is 9.48. The molecule has 2 N–H and O–H groups in total. The first kappa shape index (κ1) is 17.7. The van der Waals surface area contributed by atoms with Crippen LogP contribution < -0.4 is 5.32 Å². The highest BCUT2D eigenvalue weighted by molar-refractivity contribution is 5.85. The molecule has 0 bridgehead atoms. The molecule has 1 unspecified atom stereocenters. The van der Waals surface area contributed by atoms with Crippen molar-refractivity contribution >= 4 is 23.3 Å². The third-order valence-electron chi connectivity index (χ3n) is 4.19. The van der Waals surface area contributed by atoms with Crippen LogP contribution in [0, 0.1) is 5.82 Å². The lowest BCUT2D eigenvalue weighted by atomic mass is 9.93. The highest BCUT2D eigenvalue weighted by Gasteiger charge is 2.25. The van der Waals surface area contributed by atoms with E-state index >= 15 is 0 Å². The third kappa shape index (κ3) is 3.66. The number of fused-ring (bicyclic) bond motifs is 1. The number of nitrogens with one attached hydrogen (secondary N) is 1. The number of likely N-dealkylation sites (N-methyl/N-ethyl adjacent to an activating group) is 1. The van der Waals surface area contributed by atoms with E-state index in [4.69, 9.17) is 0 Å². The van der Waals surface area contributed by atoms with Crippen LogP contribution in [0.1, 0.15) is 18.9 Å². The Morgan fingerprint density at radius 3 is 2.87 bits per heavy atom. The van der Waals surface area contributed by atoms with Gasteiger partial charge in [0.25, 0.3) is 0 Å². The van der Waals surface area contributed by atoms with Crippen LogP contribution in [0.4, 0.5) is 4.39 Å². The molecular weight excluding hydrogens is 315 g/mol. The molecule has 3 rings (SSSR count). The predicted octanol–water partition coefficient (Wildman–Crippen LogP) is 3.60. The summed E-state index contributed by atoms with van der Waals surface area (Å²) in [7, 11) is 1.82. The maximum Gasteiger partial charge on any atom is 0.125 e. The Morgan fingerprint density at radius 2 is 2.17 bits per heavy atom. The minimum atomic E-state index is -0.568. The van der Waals surface area contributed by atoms with Crippen molar-refractivity contribution in [2.24, 2.45) is 0 Å². The Balaban J connectivity index is 0.00000192. The number of aromatic nitrogens is 1. The van der Waals surface area contributed by atoms with Crippen LogP contribution in [0.15, 0.2) is 54.3 Å². The van der Waals surface area contributed by atoms with Crippen molar-refractivity contribution in [2.75, 3.05) is 13.6 Å². The fraction of sp³-hybridized carbons (Fsp3) is 0.333. The van der Waals surface area contributed by atoms with Gasteiger partial charge >= 0.3 is 0 Å². The van der Waals surface area contributed by atoms with Crippen LogP contribution in [-0.2, 0) is 0 Å². The van der Waals surface area contributed by atoms with E-state index in [9.17, 15) is 9.50 Å². The van der Waals surface area contributed by atoms with E-state index in [0.29, 0.717) is 6.54 Å². The fourth-order valence-corrected chi connectivity index (χ4v) is 3.16. The lowest BCUT2D eigenvalue weighted by Gasteiger charge is -2.29. The average molecular weight is 337 g/mol. The van der Waals surface area contributed by atoms with Gasteiger partial charge in [0.15, 0.2) is 0 Å². The van der Waals surface area contributed by atoms with Gasteiger partial charge in [-0.25, -0.2) is 4.39 Å². The van der Waals surface area contributed by atoms with E-state index in [2.05, 4.69) is 17.5 Å². The van der Waals surface area contributed by atoms with Crippen molar-refractivity contribution in [1.82, 2.24) is 9.88 Å².